The predicted molar refractivity (Wildman–Crippen MR) is 73.7 cm³/mol. The minimum atomic E-state index is -0.523. The fourth-order valence-corrected chi connectivity index (χ4v) is 3.25. The summed E-state index contributed by atoms with van der Waals surface area (Å²) in [5.41, 5.74) is 1.22. The second kappa shape index (κ2) is 4.31. The highest BCUT2D eigenvalue weighted by Crippen LogP contribution is 2.34. The Bertz CT molecular complexity index is 805. The van der Waals surface area contributed by atoms with Crippen LogP contribution in [0.3, 0.4) is 0 Å². The van der Waals surface area contributed by atoms with Crippen LogP contribution in [0.2, 0.25) is 10.0 Å². The van der Waals surface area contributed by atoms with E-state index in [1.807, 2.05) is 5.38 Å². The molecule has 3 aromatic rings. The molecule has 0 aliphatic heterocycles. The number of nitrogens with one attached hydrogen (secondary N) is 1. The number of rotatable bonds is 1. The molecule has 0 atom stereocenters. The molecule has 0 bridgehead atoms. The molecule has 3 rings (SSSR count). The van der Waals surface area contributed by atoms with E-state index in [4.69, 9.17) is 35.4 Å². The Morgan fingerprint density at radius 1 is 1.33 bits per heavy atom. The Hall–Kier alpha value is -0.950. The van der Waals surface area contributed by atoms with E-state index in [0.717, 1.165) is 0 Å². The summed E-state index contributed by atoms with van der Waals surface area (Å²) in [5, 5.41) is 8.89. The number of halogens is 3. The van der Waals surface area contributed by atoms with E-state index in [9.17, 15) is 4.39 Å². The summed E-state index contributed by atoms with van der Waals surface area (Å²) in [7, 11) is 0. The molecule has 0 saturated heterocycles. The summed E-state index contributed by atoms with van der Waals surface area (Å²) in [4.78, 5) is 0.696. The zero-order chi connectivity index (χ0) is 12.9. The van der Waals surface area contributed by atoms with Crippen molar-refractivity contribution in [2.75, 3.05) is 0 Å². The standard InChI is InChI=1S/C10H4Cl2FN3S2/c11-5-2-6(12)7(13)1-4(5)8-3-18-10-15-14-9(17)16(8)10/h1-3H,(H,14,17). The second-order valence-electron chi connectivity index (χ2n) is 3.51. The summed E-state index contributed by atoms with van der Waals surface area (Å²) in [5.74, 6) is -0.523. The van der Waals surface area contributed by atoms with E-state index in [1.54, 1.807) is 4.40 Å². The zero-order valence-electron chi connectivity index (χ0n) is 8.58. The van der Waals surface area contributed by atoms with Gasteiger partial charge in [0.1, 0.15) is 5.82 Å². The Morgan fingerprint density at radius 2 is 2.11 bits per heavy atom. The largest absolute Gasteiger partial charge is 0.259 e. The number of benzene rings is 1. The van der Waals surface area contributed by atoms with Gasteiger partial charge in [-0.1, -0.05) is 23.2 Å². The predicted octanol–water partition coefficient (Wildman–Crippen LogP) is 4.57. The van der Waals surface area contributed by atoms with E-state index in [2.05, 4.69) is 10.2 Å². The van der Waals surface area contributed by atoms with Gasteiger partial charge < -0.3 is 0 Å². The van der Waals surface area contributed by atoms with E-state index >= 15 is 0 Å². The Balaban J connectivity index is 2.36. The van der Waals surface area contributed by atoms with Gasteiger partial charge in [-0.2, -0.15) is 0 Å². The van der Waals surface area contributed by atoms with E-state index < -0.39 is 5.82 Å². The molecule has 0 fully saturated rings. The van der Waals surface area contributed by atoms with Crippen molar-refractivity contribution < 1.29 is 4.39 Å². The molecule has 3 nitrogen and oxygen atoms in total. The van der Waals surface area contributed by atoms with Crippen LogP contribution >= 0.6 is 46.8 Å². The Kier molecular flexibility index (Phi) is 2.90. The molecule has 0 spiro atoms. The van der Waals surface area contributed by atoms with Gasteiger partial charge in [-0.3, -0.25) is 9.50 Å². The summed E-state index contributed by atoms with van der Waals surface area (Å²) in [6.07, 6.45) is 0. The second-order valence-corrected chi connectivity index (χ2v) is 5.55. The van der Waals surface area contributed by atoms with Crippen LogP contribution in [0.15, 0.2) is 17.5 Å². The fourth-order valence-electron chi connectivity index (χ4n) is 1.64. The average Bonchev–Trinajstić information content (AvgIpc) is 2.88. The highest BCUT2D eigenvalue weighted by molar-refractivity contribution is 7.71. The smallest absolute Gasteiger partial charge is 0.215 e. The molecule has 1 aromatic carbocycles. The molecule has 8 heteroatoms. The molecule has 0 radical (unpaired) electrons. The van der Waals surface area contributed by atoms with Gasteiger partial charge in [0.05, 0.1) is 15.7 Å². The first-order chi connectivity index (χ1) is 8.58. The van der Waals surface area contributed by atoms with Crippen molar-refractivity contribution in [2.45, 2.75) is 0 Å². The number of aromatic nitrogens is 3. The minimum absolute atomic E-state index is 0.00832. The first kappa shape index (κ1) is 12.1. The maximum Gasteiger partial charge on any atom is 0.215 e. The van der Waals surface area contributed by atoms with Gasteiger partial charge in [-0.25, -0.2) is 4.39 Å². The first-order valence-corrected chi connectivity index (χ1v) is 6.82. The number of H-pyrrole nitrogens is 1. The Morgan fingerprint density at radius 3 is 2.89 bits per heavy atom. The zero-order valence-corrected chi connectivity index (χ0v) is 11.7. The van der Waals surface area contributed by atoms with Gasteiger partial charge in [-0.15, -0.1) is 16.4 Å². The molecule has 1 N–H and O–H groups in total. The van der Waals surface area contributed by atoms with E-state index in [-0.39, 0.29) is 5.02 Å². The van der Waals surface area contributed by atoms with Crippen molar-refractivity contribution in [3.63, 3.8) is 0 Å². The van der Waals surface area contributed by atoms with Crippen LogP contribution in [0, 0.1) is 10.6 Å². The Labute approximate surface area is 120 Å². The van der Waals surface area contributed by atoms with Crippen LogP contribution in [0.25, 0.3) is 16.2 Å². The van der Waals surface area contributed by atoms with Gasteiger partial charge in [0.15, 0.2) is 0 Å². The lowest BCUT2D eigenvalue weighted by molar-refractivity contribution is 0.628. The number of aromatic amines is 1. The van der Waals surface area contributed by atoms with Gasteiger partial charge in [0.2, 0.25) is 9.73 Å². The van der Waals surface area contributed by atoms with Crippen molar-refractivity contribution in [1.82, 2.24) is 14.6 Å². The number of thiazole rings is 1. The normalized spacial score (nSPS) is 11.3. The summed E-state index contributed by atoms with van der Waals surface area (Å²) in [6.45, 7) is 0. The molecule has 18 heavy (non-hydrogen) atoms. The minimum Gasteiger partial charge on any atom is -0.259 e. The van der Waals surface area contributed by atoms with E-state index in [1.165, 1.54) is 23.5 Å². The van der Waals surface area contributed by atoms with Crippen molar-refractivity contribution in [2.24, 2.45) is 0 Å². The van der Waals surface area contributed by atoms with Gasteiger partial charge in [-0.05, 0) is 24.4 Å². The van der Waals surface area contributed by atoms with Crippen LogP contribution in [0.4, 0.5) is 4.39 Å². The van der Waals surface area contributed by atoms with Gasteiger partial charge >= 0.3 is 0 Å². The van der Waals surface area contributed by atoms with Crippen LogP contribution < -0.4 is 0 Å². The summed E-state index contributed by atoms with van der Waals surface area (Å²) < 4.78 is 15.7. The lowest BCUT2D eigenvalue weighted by Crippen LogP contribution is -1.89. The lowest BCUT2D eigenvalue weighted by atomic mass is 10.1. The molecule has 0 aliphatic carbocycles. The number of hydrogen-bond acceptors (Lipinski definition) is 3. The van der Waals surface area contributed by atoms with Gasteiger partial charge in [0.25, 0.3) is 0 Å². The van der Waals surface area contributed by atoms with E-state index in [0.29, 0.717) is 26.0 Å². The summed E-state index contributed by atoms with van der Waals surface area (Å²) >= 11 is 18.3. The average molecular weight is 320 g/mol. The SMILES string of the molecule is Fc1cc(-c2csc3n[nH]c(=S)n23)c(Cl)cc1Cl. The third kappa shape index (κ3) is 1.76. The van der Waals surface area contributed by atoms with Crippen molar-refractivity contribution in [3.05, 3.63) is 38.1 Å². The quantitative estimate of drug-likeness (QED) is 0.526. The molecular formula is C10H4Cl2FN3S2. The van der Waals surface area contributed by atoms with Crippen LogP contribution in [0.5, 0.6) is 0 Å². The monoisotopic (exact) mass is 319 g/mol. The molecule has 92 valence electrons. The number of hydrogen-bond donors (Lipinski definition) is 1. The third-order valence-electron chi connectivity index (χ3n) is 2.44. The summed E-state index contributed by atoms with van der Waals surface area (Å²) in [6, 6.07) is 2.67. The molecule has 0 saturated carbocycles. The molecule has 0 amide bonds. The van der Waals surface area contributed by atoms with Crippen molar-refractivity contribution in [1.29, 1.82) is 0 Å². The first-order valence-electron chi connectivity index (χ1n) is 4.77. The maximum atomic E-state index is 13.5. The molecular weight excluding hydrogens is 316 g/mol. The van der Waals surface area contributed by atoms with Crippen molar-refractivity contribution >= 4 is 51.7 Å². The fraction of sp³-hybridized carbons (Fsp3) is 0. The number of nitrogens with zero attached hydrogens (tertiary/aromatic N) is 2. The maximum absolute atomic E-state index is 13.5. The van der Waals surface area contributed by atoms with Crippen LogP contribution in [-0.2, 0) is 0 Å². The van der Waals surface area contributed by atoms with Crippen LogP contribution in [-0.4, -0.2) is 14.6 Å². The molecule has 2 heterocycles. The highest BCUT2D eigenvalue weighted by atomic mass is 35.5. The molecule has 0 aliphatic rings. The lowest BCUT2D eigenvalue weighted by Gasteiger charge is -2.04. The highest BCUT2D eigenvalue weighted by Gasteiger charge is 2.14. The van der Waals surface area contributed by atoms with Crippen LogP contribution in [0.1, 0.15) is 0 Å². The topological polar surface area (TPSA) is 33.1 Å². The molecule has 2 aromatic heterocycles. The number of fused-ring (bicyclic) bond motifs is 1. The molecule has 0 unspecified atom stereocenters. The third-order valence-corrected chi connectivity index (χ3v) is 4.15. The van der Waals surface area contributed by atoms with Crippen molar-refractivity contribution in [3.8, 4) is 11.3 Å². The van der Waals surface area contributed by atoms with Gasteiger partial charge in [0, 0.05) is 10.9 Å².